The minimum Gasteiger partial charge on any atom is -0.380 e. The highest BCUT2D eigenvalue weighted by Gasteiger charge is 2.35. The van der Waals surface area contributed by atoms with Crippen LogP contribution in [0, 0.1) is 5.92 Å². The summed E-state index contributed by atoms with van der Waals surface area (Å²) in [6, 6.07) is 0. The Morgan fingerprint density at radius 1 is 1.41 bits per heavy atom. The van der Waals surface area contributed by atoms with Crippen molar-refractivity contribution in [3.05, 3.63) is 11.7 Å². The van der Waals surface area contributed by atoms with Crippen LogP contribution < -0.4 is 5.73 Å². The van der Waals surface area contributed by atoms with Gasteiger partial charge in [-0.2, -0.15) is 4.98 Å². The Hall–Kier alpha value is -0.980. The summed E-state index contributed by atoms with van der Waals surface area (Å²) in [5.74, 6) is 1.73. The molecule has 0 radical (unpaired) electrons. The van der Waals surface area contributed by atoms with E-state index in [1.54, 1.807) is 14.2 Å². The Morgan fingerprint density at radius 2 is 2.18 bits per heavy atom. The molecular formula is C11H19N3O3. The molecule has 0 saturated heterocycles. The molecule has 1 heterocycles. The van der Waals surface area contributed by atoms with Crippen molar-refractivity contribution >= 4 is 0 Å². The van der Waals surface area contributed by atoms with Crippen LogP contribution in [0.2, 0.25) is 0 Å². The Morgan fingerprint density at radius 3 is 2.71 bits per heavy atom. The molecule has 17 heavy (non-hydrogen) atoms. The van der Waals surface area contributed by atoms with E-state index in [1.807, 2.05) is 0 Å². The van der Waals surface area contributed by atoms with Gasteiger partial charge in [0.1, 0.15) is 6.10 Å². The number of methoxy groups -OCH3 is 2. The van der Waals surface area contributed by atoms with Gasteiger partial charge >= 0.3 is 0 Å². The van der Waals surface area contributed by atoms with E-state index < -0.39 is 0 Å². The molecule has 1 aromatic heterocycles. The second kappa shape index (κ2) is 5.57. The normalized spacial score (nSPS) is 19.2. The van der Waals surface area contributed by atoms with Gasteiger partial charge in [0.15, 0.2) is 0 Å². The van der Waals surface area contributed by atoms with Gasteiger partial charge in [0.25, 0.3) is 0 Å². The van der Waals surface area contributed by atoms with Crippen LogP contribution in [0.4, 0.5) is 0 Å². The fourth-order valence-electron chi connectivity index (χ4n) is 1.83. The molecule has 1 aliphatic rings. The molecule has 0 spiro atoms. The first-order valence-electron chi connectivity index (χ1n) is 5.86. The van der Waals surface area contributed by atoms with Crippen molar-refractivity contribution in [2.75, 3.05) is 20.8 Å². The van der Waals surface area contributed by atoms with Crippen molar-refractivity contribution in [1.82, 2.24) is 10.1 Å². The summed E-state index contributed by atoms with van der Waals surface area (Å²) in [5.41, 5.74) is 5.54. The van der Waals surface area contributed by atoms with Crippen molar-refractivity contribution < 1.29 is 14.0 Å². The summed E-state index contributed by atoms with van der Waals surface area (Å²) in [5, 5.41) is 3.96. The van der Waals surface area contributed by atoms with Crippen molar-refractivity contribution in [3.8, 4) is 0 Å². The van der Waals surface area contributed by atoms with E-state index in [4.69, 9.17) is 19.7 Å². The predicted octanol–water partition coefficient (Wildman–Crippen LogP) is 0.683. The molecule has 2 unspecified atom stereocenters. The molecular weight excluding hydrogens is 222 g/mol. The molecule has 6 nitrogen and oxygen atoms in total. The number of rotatable bonds is 7. The summed E-state index contributed by atoms with van der Waals surface area (Å²) >= 11 is 0. The molecule has 0 bridgehead atoms. The lowest BCUT2D eigenvalue weighted by molar-refractivity contribution is 0.0751. The third-order valence-corrected chi connectivity index (χ3v) is 3.04. The molecule has 1 aromatic rings. The molecule has 6 heteroatoms. The van der Waals surface area contributed by atoms with Crippen LogP contribution in [0.1, 0.15) is 30.7 Å². The number of hydrogen-bond acceptors (Lipinski definition) is 6. The maximum absolute atomic E-state index is 5.54. The smallest absolute Gasteiger partial charge is 0.229 e. The van der Waals surface area contributed by atoms with Gasteiger partial charge in [0, 0.05) is 20.8 Å². The zero-order chi connectivity index (χ0) is 12.3. The summed E-state index contributed by atoms with van der Waals surface area (Å²) < 4.78 is 15.7. The molecule has 2 rings (SSSR count). The standard InChI is InChI=1S/C11H19N3O3/c1-15-8(6-12)5-9-13-11(14-17-9)10(16-2)7-3-4-7/h7-8,10H,3-6,12H2,1-2H3. The van der Waals surface area contributed by atoms with Crippen LogP contribution in [0.15, 0.2) is 4.52 Å². The van der Waals surface area contributed by atoms with Gasteiger partial charge in [-0.05, 0) is 18.8 Å². The zero-order valence-electron chi connectivity index (χ0n) is 10.3. The maximum Gasteiger partial charge on any atom is 0.229 e. The summed E-state index contributed by atoms with van der Waals surface area (Å²) in [6.45, 7) is 0.435. The van der Waals surface area contributed by atoms with E-state index in [9.17, 15) is 0 Å². The van der Waals surface area contributed by atoms with Crippen LogP contribution in [0.5, 0.6) is 0 Å². The first-order valence-corrected chi connectivity index (χ1v) is 5.86. The molecule has 0 aliphatic heterocycles. The Balaban J connectivity index is 1.99. The Bertz CT molecular complexity index is 347. The van der Waals surface area contributed by atoms with Gasteiger partial charge in [-0.25, -0.2) is 0 Å². The van der Waals surface area contributed by atoms with E-state index in [-0.39, 0.29) is 12.2 Å². The lowest BCUT2D eigenvalue weighted by Crippen LogP contribution is -2.24. The second-order valence-corrected chi connectivity index (χ2v) is 4.34. The van der Waals surface area contributed by atoms with Crippen LogP contribution in [0.25, 0.3) is 0 Å². The molecule has 2 N–H and O–H groups in total. The van der Waals surface area contributed by atoms with E-state index in [0.717, 1.165) is 0 Å². The third kappa shape index (κ3) is 3.02. The maximum atomic E-state index is 5.54. The van der Waals surface area contributed by atoms with Gasteiger partial charge in [-0.3, -0.25) is 0 Å². The van der Waals surface area contributed by atoms with Crippen LogP contribution in [-0.2, 0) is 15.9 Å². The molecule has 96 valence electrons. The van der Waals surface area contributed by atoms with Crippen molar-refractivity contribution in [2.24, 2.45) is 11.7 Å². The van der Waals surface area contributed by atoms with Crippen molar-refractivity contribution in [1.29, 1.82) is 0 Å². The second-order valence-electron chi connectivity index (χ2n) is 4.34. The minimum absolute atomic E-state index is 0.0358. The van der Waals surface area contributed by atoms with Crippen molar-refractivity contribution in [2.45, 2.75) is 31.5 Å². The number of ether oxygens (including phenoxy) is 2. The average molecular weight is 241 g/mol. The third-order valence-electron chi connectivity index (χ3n) is 3.04. The molecule has 1 aliphatic carbocycles. The number of aromatic nitrogens is 2. The largest absolute Gasteiger partial charge is 0.380 e. The minimum atomic E-state index is -0.0785. The monoisotopic (exact) mass is 241 g/mol. The van der Waals surface area contributed by atoms with E-state index in [1.165, 1.54) is 12.8 Å². The van der Waals surface area contributed by atoms with E-state index >= 15 is 0 Å². The number of hydrogen-bond donors (Lipinski definition) is 1. The number of nitrogens with two attached hydrogens (primary N) is 1. The van der Waals surface area contributed by atoms with Gasteiger partial charge in [0.2, 0.25) is 11.7 Å². The molecule has 1 saturated carbocycles. The summed E-state index contributed by atoms with van der Waals surface area (Å²) in [4.78, 5) is 4.34. The fraction of sp³-hybridized carbons (Fsp3) is 0.818. The molecule has 0 aromatic carbocycles. The summed E-state index contributed by atoms with van der Waals surface area (Å²) in [7, 11) is 3.30. The Kier molecular flexibility index (Phi) is 4.09. The van der Waals surface area contributed by atoms with Gasteiger partial charge in [-0.1, -0.05) is 5.16 Å². The average Bonchev–Trinajstić information content (AvgIpc) is 3.07. The van der Waals surface area contributed by atoms with Crippen LogP contribution in [-0.4, -0.2) is 37.0 Å². The van der Waals surface area contributed by atoms with E-state index in [2.05, 4.69) is 10.1 Å². The molecule has 1 fully saturated rings. The highest BCUT2D eigenvalue weighted by molar-refractivity contribution is 4.98. The molecule has 0 amide bonds. The Labute approximate surface area is 100 Å². The van der Waals surface area contributed by atoms with E-state index in [0.29, 0.717) is 30.6 Å². The first kappa shape index (κ1) is 12.5. The van der Waals surface area contributed by atoms with Crippen molar-refractivity contribution in [3.63, 3.8) is 0 Å². The highest BCUT2D eigenvalue weighted by atomic mass is 16.5. The highest BCUT2D eigenvalue weighted by Crippen LogP contribution is 2.41. The number of nitrogens with zero attached hydrogens (tertiary/aromatic N) is 2. The van der Waals surface area contributed by atoms with Gasteiger partial charge in [-0.15, -0.1) is 0 Å². The topological polar surface area (TPSA) is 83.4 Å². The predicted molar refractivity (Wildman–Crippen MR) is 60.3 cm³/mol. The SMILES string of the molecule is COC(CN)Cc1nc(C(OC)C2CC2)no1. The summed E-state index contributed by atoms with van der Waals surface area (Å²) in [6.07, 6.45) is 2.77. The van der Waals surface area contributed by atoms with Gasteiger partial charge in [0.05, 0.1) is 12.5 Å². The van der Waals surface area contributed by atoms with Gasteiger partial charge < -0.3 is 19.7 Å². The van der Waals surface area contributed by atoms with Crippen LogP contribution in [0.3, 0.4) is 0 Å². The van der Waals surface area contributed by atoms with Crippen LogP contribution >= 0.6 is 0 Å². The lowest BCUT2D eigenvalue weighted by Gasteiger charge is -2.09. The fourth-order valence-corrected chi connectivity index (χ4v) is 1.83. The lowest BCUT2D eigenvalue weighted by atomic mass is 10.2. The zero-order valence-corrected chi connectivity index (χ0v) is 10.3. The quantitative estimate of drug-likeness (QED) is 0.756. The first-order chi connectivity index (χ1) is 8.28. The molecule has 2 atom stereocenters.